The molecule has 3 amide bonds. The average Bonchev–Trinajstić information content (AvgIpc) is 3.37. The standard InChI is InChI=1S/C30H39N3O6S/c1-29(2,3)39-28(38)31-21(15-18-11-7-6-8-12-18)24(35)27(37)33-17-40-30(4,5)25(33)26(36)32-23-20-14-10-9-13-19(20)16-22(23)34/h6-14,21-25,34-35H,15-17H2,1-5H3,(H,31,38)(H,32,36)/t21-,22-,23+,24-,25+/m0/s1. The first-order chi connectivity index (χ1) is 18.8. The molecule has 1 aliphatic heterocycles. The molecule has 4 rings (SSSR count). The Kier molecular flexibility index (Phi) is 8.82. The van der Waals surface area contributed by atoms with E-state index in [0.717, 1.165) is 16.7 Å². The Bertz CT molecular complexity index is 1230. The topological polar surface area (TPSA) is 128 Å². The lowest BCUT2D eigenvalue weighted by Crippen LogP contribution is -2.59. The van der Waals surface area contributed by atoms with Gasteiger partial charge in [-0.05, 0) is 57.7 Å². The van der Waals surface area contributed by atoms with E-state index in [9.17, 15) is 24.6 Å². The Morgan fingerprint density at radius 3 is 2.42 bits per heavy atom. The molecule has 40 heavy (non-hydrogen) atoms. The number of nitrogens with zero attached hydrogens (tertiary/aromatic N) is 1. The third-order valence-corrected chi connectivity index (χ3v) is 8.59. The molecule has 0 unspecified atom stereocenters. The number of thioether (sulfide) groups is 1. The number of ether oxygens (including phenoxy) is 1. The van der Waals surface area contributed by atoms with E-state index in [2.05, 4.69) is 10.6 Å². The molecule has 0 radical (unpaired) electrons. The highest BCUT2D eigenvalue weighted by atomic mass is 32.2. The summed E-state index contributed by atoms with van der Waals surface area (Å²) in [6.45, 7) is 8.94. The molecule has 0 bridgehead atoms. The van der Waals surface area contributed by atoms with E-state index in [1.807, 2.05) is 68.4 Å². The number of amides is 3. The summed E-state index contributed by atoms with van der Waals surface area (Å²) in [4.78, 5) is 41.5. The summed E-state index contributed by atoms with van der Waals surface area (Å²) >= 11 is 1.43. The lowest BCUT2D eigenvalue weighted by atomic mass is 9.96. The smallest absolute Gasteiger partial charge is 0.407 e. The van der Waals surface area contributed by atoms with Crippen molar-refractivity contribution in [2.24, 2.45) is 0 Å². The number of hydrogen-bond donors (Lipinski definition) is 4. The maximum Gasteiger partial charge on any atom is 0.407 e. The number of hydrogen-bond acceptors (Lipinski definition) is 7. The Morgan fingerprint density at radius 2 is 1.75 bits per heavy atom. The van der Waals surface area contributed by atoms with Gasteiger partial charge < -0.3 is 30.5 Å². The number of carbonyl (C=O) groups excluding carboxylic acids is 3. The second kappa shape index (κ2) is 11.8. The predicted octanol–water partition coefficient (Wildman–Crippen LogP) is 2.94. The van der Waals surface area contributed by atoms with Crippen molar-refractivity contribution in [1.82, 2.24) is 15.5 Å². The first kappa shape index (κ1) is 29.9. The van der Waals surface area contributed by atoms with Gasteiger partial charge in [0, 0.05) is 11.2 Å². The highest BCUT2D eigenvalue weighted by Gasteiger charge is 2.50. The summed E-state index contributed by atoms with van der Waals surface area (Å²) in [5.74, 6) is -0.881. The average molecular weight is 570 g/mol. The van der Waals surface area contributed by atoms with Gasteiger partial charge in [-0.25, -0.2) is 4.79 Å². The fraction of sp³-hybridized carbons (Fsp3) is 0.500. The van der Waals surface area contributed by atoms with Gasteiger partial charge in [0.05, 0.1) is 24.1 Å². The molecule has 5 atom stereocenters. The zero-order valence-electron chi connectivity index (χ0n) is 23.6. The lowest BCUT2D eigenvalue weighted by Gasteiger charge is -2.34. The van der Waals surface area contributed by atoms with Crippen molar-refractivity contribution in [1.29, 1.82) is 0 Å². The molecular weight excluding hydrogens is 530 g/mol. The molecule has 10 heteroatoms. The molecular formula is C30H39N3O6S. The number of fused-ring (bicyclic) bond motifs is 1. The number of nitrogens with one attached hydrogen (secondary N) is 2. The molecule has 1 aliphatic carbocycles. The lowest BCUT2D eigenvalue weighted by molar-refractivity contribution is -0.147. The van der Waals surface area contributed by atoms with Crippen LogP contribution in [-0.4, -0.2) is 73.5 Å². The van der Waals surface area contributed by atoms with E-state index in [4.69, 9.17) is 4.74 Å². The van der Waals surface area contributed by atoms with Crippen LogP contribution in [0.4, 0.5) is 4.79 Å². The summed E-state index contributed by atoms with van der Waals surface area (Å²) in [6, 6.07) is 14.3. The van der Waals surface area contributed by atoms with E-state index >= 15 is 0 Å². The monoisotopic (exact) mass is 569 g/mol. The van der Waals surface area contributed by atoms with Gasteiger partial charge >= 0.3 is 6.09 Å². The van der Waals surface area contributed by atoms with Crippen LogP contribution in [0.1, 0.15) is 57.4 Å². The second-order valence-corrected chi connectivity index (χ2v) is 13.5. The zero-order valence-corrected chi connectivity index (χ0v) is 24.4. The minimum Gasteiger partial charge on any atom is -0.444 e. The van der Waals surface area contributed by atoms with Crippen LogP contribution < -0.4 is 10.6 Å². The first-order valence-electron chi connectivity index (χ1n) is 13.5. The van der Waals surface area contributed by atoms with Crippen LogP contribution in [0.25, 0.3) is 0 Å². The maximum absolute atomic E-state index is 13.8. The summed E-state index contributed by atoms with van der Waals surface area (Å²) in [5, 5.41) is 27.6. The van der Waals surface area contributed by atoms with E-state index in [1.165, 1.54) is 16.7 Å². The third-order valence-electron chi connectivity index (χ3n) is 7.21. The highest BCUT2D eigenvalue weighted by molar-refractivity contribution is 8.00. The van der Waals surface area contributed by atoms with Gasteiger partial charge in [0.15, 0.2) is 6.10 Å². The van der Waals surface area contributed by atoms with Crippen molar-refractivity contribution < 1.29 is 29.3 Å². The van der Waals surface area contributed by atoms with Gasteiger partial charge in [0.2, 0.25) is 5.91 Å². The molecule has 2 aromatic rings. The van der Waals surface area contributed by atoms with Crippen molar-refractivity contribution in [2.75, 3.05) is 5.88 Å². The Morgan fingerprint density at radius 1 is 1.10 bits per heavy atom. The summed E-state index contributed by atoms with van der Waals surface area (Å²) in [7, 11) is 0. The van der Waals surface area contributed by atoms with Crippen molar-refractivity contribution in [3.05, 3.63) is 71.3 Å². The van der Waals surface area contributed by atoms with Crippen LogP contribution in [0, 0.1) is 0 Å². The molecule has 0 saturated carbocycles. The van der Waals surface area contributed by atoms with E-state index in [0.29, 0.717) is 6.42 Å². The number of rotatable bonds is 7. The molecule has 0 aromatic heterocycles. The van der Waals surface area contributed by atoms with Crippen molar-refractivity contribution in [2.45, 2.75) is 88.1 Å². The van der Waals surface area contributed by atoms with Crippen LogP contribution in [-0.2, 0) is 27.2 Å². The van der Waals surface area contributed by atoms with Crippen LogP contribution in [0.2, 0.25) is 0 Å². The normalized spacial score (nSPS) is 23.2. The van der Waals surface area contributed by atoms with Crippen molar-refractivity contribution in [3.63, 3.8) is 0 Å². The minimum absolute atomic E-state index is 0.180. The van der Waals surface area contributed by atoms with Gasteiger partial charge in [0.1, 0.15) is 11.6 Å². The zero-order chi connectivity index (χ0) is 29.2. The van der Waals surface area contributed by atoms with Crippen LogP contribution in [0.15, 0.2) is 54.6 Å². The second-order valence-electron chi connectivity index (χ2n) is 11.9. The molecule has 4 N–H and O–H groups in total. The van der Waals surface area contributed by atoms with Gasteiger partial charge in [-0.15, -0.1) is 11.8 Å². The molecule has 1 fully saturated rings. The first-order valence-corrected chi connectivity index (χ1v) is 14.5. The largest absolute Gasteiger partial charge is 0.444 e. The molecule has 2 aliphatic rings. The minimum atomic E-state index is -1.63. The van der Waals surface area contributed by atoms with Gasteiger partial charge in [-0.1, -0.05) is 54.6 Å². The van der Waals surface area contributed by atoms with Gasteiger partial charge in [0.25, 0.3) is 5.91 Å². The van der Waals surface area contributed by atoms with Crippen LogP contribution in [0.3, 0.4) is 0 Å². The fourth-order valence-electron chi connectivity index (χ4n) is 5.30. The summed E-state index contributed by atoms with van der Waals surface area (Å²) < 4.78 is 4.73. The SMILES string of the molecule is CC(C)(C)OC(=O)N[C@@H](Cc1ccccc1)[C@H](O)C(=O)N1CSC(C)(C)[C@H]1C(=O)N[C@@H]1c2ccccc2C[C@@H]1O. The summed E-state index contributed by atoms with van der Waals surface area (Å²) in [5.41, 5.74) is 1.88. The molecule has 216 valence electrons. The summed E-state index contributed by atoms with van der Waals surface area (Å²) in [6.07, 6.45) is -2.54. The quantitative estimate of drug-likeness (QED) is 0.404. The van der Waals surface area contributed by atoms with E-state index in [1.54, 1.807) is 20.8 Å². The molecule has 9 nitrogen and oxygen atoms in total. The molecule has 0 spiro atoms. The number of aliphatic hydroxyl groups is 2. The number of aliphatic hydroxyl groups excluding tert-OH is 2. The number of alkyl carbamates (subject to hydrolysis) is 1. The van der Waals surface area contributed by atoms with E-state index < -0.39 is 58.6 Å². The van der Waals surface area contributed by atoms with Gasteiger partial charge in [-0.2, -0.15) is 0 Å². The Labute approximate surface area is 239 Å². The third kappa shape index (κ3) is 6.79. The van der Waals surface area contributed by atoms with Crippen LogP contribution in [0.5, 0.6) is 0 Å². The van der Waals surface area contributed by atoms with Crippen molar-refractivity contribution >= 4 is 29.7 Å². The fourth-order valence-corrected chi connectivity index (χ4v) is 6.44. The van der Waals surface area contributed by atoms with E-state index in [-0.39, 0.29) is 12.3 Å². The molecule has 1 saturated heterocycles. The Balaban J connectivity index is 1.54. The Hall–Kier alpha value is -3.08. The highest BCUT2D eigenvalue weighted by Crippen LogP contribution is 2.41. The maximum atomic E-state index is 13.8. The number of carbonyl (C=O) groups is 3. The van der Waals surface area contributed by atoms with Crippen LogP contribution >= 0.6 is 11.8 Å². The van der Waals surface area contributed by atoms with Gasteiger partial charge in [-0.3, -0.25) is 9.59 Å². The number of benzene rings is 2. The molecule has 2 aromatic carbocycles. The molecule has 1 heterocycles. The van der Waals surface area contributed by atoms with Crippen molar-refractivity contribution in [3.8, 4) is 0 Å². The predicted molar refractivity (Wildman–Crippen MR) is 154 cm³/mol.